The highest BCUT2D eigenvalue weighted by molar-refractivity contribution is 7.99. The maximum atomic E-state index is 13.0. The Bertz CT molecular complexity index is 1530. The molecule has 0 spiro atoms. The molecule has 0 aliphatic heterocycles. The average molecular weight is 769 g/mol. The van der Waals surface area contributed by atoms with E-state index in [4.69, 9.17) is 5.84 Å². The lowest BCUT2D eigenvalue weighted by Gasteiger charge is -2.18. The van der Waals surface area contributed by atoms with Crippen LogP contribution in [-0.4, -0.2) is 89.2 Å². The monoisotopic (exact) mass is 768 g/mol. The quantitative estimate of drug-likeness (QED) is 0.0507. The van der Waals surface area contributed by atoms with Crippen LogP contribution in [0.4, 0.5) is 13.2 Å². The van der Waals surface area contributed by atoms with Gasteiger partial charge in [0.25, 0.3) is 11.6 Å². The zero-order valence-corrected chi connectivity index (χ0v) is 34.0. The zero-order chi connectivity index (χ0) is 40.3. The van der Waals surface area contributed by atoms with Crippen LogP contribution < -0.4 is 5.84 Å². The minimum absolute atomic E-state index is 0.252. The Balaban J connectivity index is 0.000000900. The van der Waals surface area contributed by atoms with Gasteiger partial charge >= 0.3 is 18.0 Å². The number of nitrogens with two attached hydrogens (primary N) is 1. The fourth-order valence-corrected chi connectivity index (χ4v) is 5.94. The number of hydrazone groups is 1. The molecule has 0 atom stereocenters. The van der Waals surface area contributed by atoms with E-state index in [2.05, 4.69) is 12.0 Å². The number of rotatable bonds is 15. The van der Waals surface area contributed by atoms with Crippen molar-refractivity contribution < 1.29 is 37.1 Å². The Labute approximate surface area is 315 Å². The Morgan fingerprint density at radius 1 is 0.654 bits per heavy atom. The van der Waals surface area contributed by atoms with E-state index in [0.717, 1.165) is 77.3 Å². The van der Waals surface area contributed by atoms with Crippen LogP contribution in [0.1, 0.15) is 103 Å². The molecule has 0 heterocycles. The van der Waals surface area contributed by atoms with Gasteiger partial charge in [-0.05, 0) is 91.3 Å². The van der Waals surface area contributed by atoms with E-state index in [0.29, 0.717) is 29.2 Å². The summed E-state index contributed by atoms with van der Waals surface area (Å²) in [6, 6.07) is 7.77. The number of benzene rings is 2. The van der Waals surface area contributed by atoms with Crippen LogP contribution in [-0.2, 0) is 52.9 Å². The van der Waals surface area contributed by atoms with Gasteiger partial charge in [-0.3, -0.25) is 29.0 Å². The molecule has 0 saturated heterocycles. The van der Waals surface area contributed by atoms with Gasteiger partial charge in [-0.25, -0.2) is 10.9 Å². The number of nitrogens with zero attached hydrogens (tertiary/aromatic N) is 3. The molecule has 2 aromatic carbocycles. The number of halogens is 3. The lowest BCUT2D eigenvalue weighted by atomic mass is 9.91. The third kappa shape index (κ3) is 14.9. The van der Waals surface area contributed by atoms with Gasteiger partial charge in [0, 0.05) is 31.0 Å². The summed E-state index contributed by atoms with van der Waals surface area (Å²) in [5.74, 6) is 2.79. The van der Waals surface area contributed by atoms with Gasteiger partial charge in [-0.15, -0.1) is 0 Å². The van der Waals surface area contributed by atoms with Crippen molar-refractivity contribution in [2.24, 2.45) is 10.9 Å². The van der Waals surface area contributed by atoms with Crippen molar-refractivity contribution in [3.05, 3.63) is 68.8 Å². The number of carbonyl (C=O) groups is 5. The van der Waals surface area contributed by atoms with Crippen molar-refractivity contribution in [2.45, 2.75) is 93.2 Å². The summed E-state index contributed by atoms with van der Waals surface area (Å²) >= 11 is 2.50. The molecule has 0 bridgehead atoms. The molecule has 52 heavy (non-hydrogen) atoms. The van der Waals surface area contributed by atoms with Crippen molar-refractivity contribution in [1.29, 1.82) is 0 Å². The van der Waals surface area contributed by atoms with Gasteiger partial charge in [0.1, 0.15) is 5.78 Å². The Morgan fingerprint density at radius 2 is 1.00 bits per heavy atom. The molecule has 0 aliphatic rings. The molecule has 0 radical (unpaired) electrons. The highest BCUT2D eigenvalue weighted by atomic mass is 32.2. The number of carbonyl (C=O) groups excluding carboxylic acids is 5. The molecule has 9 nitrogen and oxygen atoms in total. The SMILES string of the molecule is CCc1cc(CC)c(C(=O)C(=O)N(C)N)c(CC)c1.CCc1cc(CC)c(C(=O)C(=O)N(C)N=C(CSC)C(F)(F)F)c(CC)c1.CSCC(C)=O. The number of ketones is 3. The number of alkyl halides is 3. The third-order valence-corrected chi connectivity index (χ3v) is 9.00. The smallest absolute Gasteiger partial charge is 0.299 e. The number of thioether (sulfide) groups is 2. The van der Waals surface area contributed by atoms with Crippen LogP contribution in [0.5, 0.6) is 0 Å². The van der Waals surface area contributed by atoms with Crippen molar-refractivity contribution in [2.75, 3.05) is 38.1 Å². The summed E-state index contributed by atoms with van der Waals surface area (Å²) in [4.78, 5) is 59.4. The molecule has 2 N–H and O–H groups in total. The summed E-state index contributed by atoms with van der Waals surface area (Å²) in [5.41, 5.74) is 5.26. The highest BCUT2D eigenvalue weighted by Gasteiger charge is 2.37. The van der Waals surface area contributed by atoms with Gasteiger partial charge in [-0.2, -0.15) is 41.8 Å². The van der Waals surface area contributed by atoms with Crippen molar-refractivity contribution in [1.82, 2.24) is 10.0 Å². The van der Waals surface area contributed by atoms with Crippen LogP contribution in [0.3, 0.4) is 0 Å². The number of hydrogen-bond donors (Lipinski definition) is 1. The molecular formula is C38H55F3N4O5S2. The second-order valence-electron chi connectivity index (χ2n) is 11.7. The predicted molar refractivity (Wildman–Crippen MR) is 208 cm³/mol. The summed E-state index contributed by atoms with van der Waals surface area (Å²) in [6.07, 6.45) is 3.01. The fraction of sp³-hybridized carbons (Fsp3) is 0.526. The first kappa shape index (κ1) is 48.5. The van der Waals surface area contributed by atoms with E-state index < -0.39 is 41.0 Å². The normalized spacial score (nSPS) is 11.1. The lowest BCUT2D eigenvalue weighted by Crippen LogP contribution is -2.39. The summed E-state index contributed by atoms with van der Waals surface area (Å²) in [5, 5.41) is 4.70. The molecule has 2 aromatic rings. The molecule has 0 fully saturated rings. The molecule has 2 rings (SSSR count). The fourth-order valence-electron chi connectivity index (χ4n) is 5.04. The maximum absolute atomic E-state index is 13.0. The Hall–Kier alpha value is -3.49. The number of aryl methyl sites for hydroxylation is 6. The average Bonchev–Trinajstić information content (AvgIpc) is 3.11. The van der Waals surface area contributed by atoms with Crippen LogP contribution in [0.15, 0.2) is 29.4 Å². The zero-order valence-electron chi connectivity index (χ0n) is 32.4. The number of Topliss-reactive ketones (excluding diaryl/α,β-unsaturated/α-hetero) is 3. The Morgan fingerprint density at radius 3 is 1.23 bits per heavy atom. The molecule has 290 valence electrons. The van der Waals surface area contributed by atoms with Crippen molar-refractivity contribution in [3.63, 3.8) is 0 Å². The van der Waals surface area contributed by atoms with Gasteiger partial charge in [0.2, 0.25) is 0 Å². The molecule has 0 saturated carbocycles. The number of hydrogen-bond acceptors (Lipinski definition) is 9. The van der Waals surface area contributed by atoms with E-state index >= 15 is 0 Å². The van der Waals surface area contributed by atoms with Crippen LogP contribution in [0.25, 0.3) is 0 Å². The topological polar surface area (TPSA) is 130 Å². The van der Waals surface area contributed by atoms with Crippen molar-refractivity contribution in [3.8, 4) is 0 Å². The van der Waals surface area contributed by atoms with Crippen molar-refractivity contribution >= 4 is 58.4 Å². The predicted octanol–water partition coefficient (Wildman–Crippen LogP) is 7.12. The Kier molecular flexibility index (Phi) is 22.3. The van der Waals surface area contributed by atoms with Crippen LogP contribution >= 0.6 is 23.5 Å². The summed E-state index contributed by atoms with van der Waals surface area (Å²) in [7, 11) is 2.46. The summed E-state index contributed by atoms with van der Waals surface area (Å²) < 4.78 is 39.0. The standard InChI is InChI=1S/C19H25F3N2O2S.C15H22N2O2.C4H8OS/c1-6-12-9-13(7-2)16(14(8-3)10-12)17(25)18(26)24(4)23-15(11-27-5)19(20,21)22;1-5-10-8-11(6-2)13(12(7-3)9-10)14(18)15(19)17(4)16;1-4(5)3-6-2/h9-10H,6-8,11H2,1-5H3;8-9H,5-7,16H2,1-4H3;3H2,1-2H3. The maximum Gasteiger partial charge on any atom is 0.432 e. The highest BCUT2D eigenvalue weighted by Crippen LogP contribution is 2.24. The van der Waals surface area contributed by atoms with Crippen LogP contribution in [0.2, 0.25) is 0 Å². The van der Waals surface area contributed by atoms with Gasteiger partial charge in [-0.1, -0.05) is 65.8 Å². The molecular weight excluding hydrogens is 714 g/mol. The van der Waals surface area contributed by atoms with Gasteiger partial charge < -0.3 is 0 Å². The van der Waals surface area contributed by atoms with E-state index in [1.807, 2.05) is 65.1 Å². The van der Waals surface area contributed by atoms with E-state index in [9.17, 15) is 37.1 Å². The van der Waals surface area contributed by atoms with Gasteiger partial charge in [0.15, 0.2) is 5.71 Å². The summed E-state index contributed by atoms with van der Waals surface area (Å²) in [6.45, 7) is 13.4. The molecule has 0 aliphatic carbocycles. The third-order valence-electron chi connectivity index (χ3n) is 7.75. The van der Waals surface area contributed by atoms with E-state index in [-0.39, 0.29) is 11.3 Å². The molecule has 2 amide bonds. The molecule has 0 unspecified atom stereocenters. The van der Waals surface area contributed by atoms with E-state index in [1.54, 1.807) is 18.7 Å². The number of likely N-dealkylation sites (N-methyl/N-ethyl adjacent to an activating group) is 2. The number of hydrazine groups is 1. The minimum atomic E-state index is -4.66. The second kappa shape index (κ2) is 23.9. The van der Waals surface area contributed by atoms with Gasteiger partial charge in [0.05, 0.1) is 5.75 Å². The minimum Gasteiger partial charge on any atom is -0.299 e. The first-order valence-electron chi connectivity index (χ1n) is 17.1. The second-order valence-corrected chi connectivity index (χ2v) is 13.4. The van der Waals surface area contributed by atoms with Crippen LogP contribution in [0, 0.1) is 0 Å². The molecule has 14 heteroatoms. The number of amides is 2. The largest absolute Gasteiger partial charge is 0.432 e. The molecule has 0 aromatic heterocycles. The first-order valence-corrected chi connectivity index (χ1v) is 19.9. The lowest BCUT2D eigenvalue weighted by molar-refractivity contribution is -0.126. The first-order chi connectivity index (χ1) is 24.3. The van der Waals surface area contributed by atoms with E-state index in [1.165, 1.54) is 18.9 Å².